The predicted octanol–water partition coefficient (Wildman–Crippen LogP) is 3.98. The molecule has 8 heteroatoms. The van der Waals surface area contributed by atoms with E-state index in [1.54, 1.807) is 30.3 Å². The van der Waals surface area contributed by atoms with E-state index in [1.807, 2.05) is 6.92 Å². The number of benzene rings is 2. The Hall–Kier alpha value is -2.51. The van der Waals surface area contributed by atoms with Crippen LogP contribution in [0.4, 0.5) is 4.39 Å². The van der Waals surface area contributed by atoms with E-state index in [2.05, 4.69) is 15.5 Å². The summed E-state index contributed by atoms with van der Waals surface area (Å²) < 4.78 is 12.9. The molecule has 1 unspecified atom stereocenters. The van der Waals surface area contributed by atoms with Crippen molar-refractivity contribution in [1.29, 1.82) is 0 Å². The highest BCUT2D eigenvalue weighted by Crippen LogP contribution is 2.25. The van der Waals surface area contributed by atoms with E-state index >= 15 is 0 Å². The summed E-state index contributed by atoms with van der Waals surface area (Å²) in [5.74, 6) is -0.756. The van der Waals surface area contributed by atoms with E-state index in [-0.39, 0.29) is 23.9 Å². The molecule has 138 valence electrons. The molecule has 1 aliphatic heterocycles. The van der Waals surface area contributed by atoms with E-state index < -0.39 is 5.25 Å². The van der Waals surface area contributed by atoms with Gasteiger partial charge in [0.05, 0.1) is 11.5 Å². The van der Waals surface area contributed by atoms with Crippen molar-refractivity contribution in [2.75, 3.05) is 0 Å². The van der Waals surface area contributed by atoms with Crippen molar-refractivity contribution in [2.45, 2.75) is 18.6 Å². The second kappa shape index (κ2) is 8.45. The van der Waals surface area contributed by atoms with Gasteiger partial charge in [-0.3, -0.25) is 9.59 Å². The summed E-state index contributed by atoms with van der Waals surface area (Å²) in [5, 5.41) is 10.8. The third-order valence-electron chi connectivity index (χ3n) is 3.85. The Morgan fingerprint density at radius 3 is 2.74 bits per heavy atom. The smallest absolute Gasteiger partial charge is 0.240 e. The number of rotatable bonds is 5. The van der Waals surface area contributed by atoms with Gasteiger partial charge in [0.1, 0.15) is 5.82 Å². The van der Waals surface area contributed by atoms with Crippen LogP contribution in [0.2, 0.25) is 5.02 Å². The van der Waals surface area contributed by atoms with E-state index in [0.29, 0.717) is 21.3 Å². The molecule has 1 fully saturated rings. The highest BCUT2D eigenvalue weighted by atomic mass is 35.5. The zero-order chi connectivity index (χ0) is 19.4. The zero-order valence-corrected chi connectivity index (χ0v) is 15.9. The third kappa shape index (κ3) is 5.02. The zero-order valence-electron chi connectivity index (χ0n) is 14.3. The van der Waals surface area contributed by atoms with Crippen LogP contribution in [0, 0.1) is 12.7 Å². The number of carbonyl (C=O) groups excluding carboxylic acids is 2. The lowest BCUT2D eigenvalue weighted by Crippen LogP contribution is -2.26. The van der Waals surface area contributed by atoms with Crippen molar-refractivity contribution in [1.82, 2.24) is 5.32 Å². The summed E-state index contributed by atoms with van der Waals surface area (Å²) in [7, 11) is 0. The minimum atomic E-state index is -0.562. The van der Waals surface area contributed by atoms with Gasteiger partial charge in [-0.05, 0) is 48.4 Å². The van der Waals surface area contributed by atoms with Crippen LogP contribution in [0.15, 0.2) is 52.7 Å². The Morgan fingerprint density at radius 1 is 1.30 bits per heavy atom. The van der Waals surface area contributed by atoms with Crippen molar-refractivity contribution in [3.05, 3.63) is 70.0 Å². The minimum Gasteiger partial charge on any atom is -0.303 e. The van der Waals surface area contributed by atoms with Gasteiger partial charge in [-0.25, -0.2) is 4.39 Å². The lowest BCUT2D eigenvalue weighted by atomic mass is 10.0. The quantitative estimate of drug-likeness (QED) is 0.466. The molecule has 27 heavy (non-hydrogen) atoms. The van der Waals surface area contributed by atoms with Crippen LogP contribution in [0.3, 0.4) is 0 Å². The van der Waals surface area contributed by atoms with Crippen LogP contribution in [0.1, 0.15) is 27.9 Å². The Labute approximate surface area is 164 Å². The van der Waals surface area contributed by atoms with Gasteiger partial charge < -0.3 is 5.32 Å². The first-order valence-corrected chi connectivity index (χ1v) is 9.31. The Morgan fingerprint density at radius 2 is 2.04 bits per heavy atom. The number of carbonyl (C=O) groups is 2. The number of amidine groups is 1. The molecule has 0 saturated carbocycles. The Balaban J connectivity index is 1.61. The molecular weight excluding hydrogens is 389 g/mol. The average molecular weight is 404 g/mol. The van der Waals surface area contributed by atoms with Gasteiger partial charge in [-0.2, -0.15) is 5.10 Å². The summed E-state index contributed by atoms with van der Waals surface area (Å²) in [6.45, 7) is 1.82. The third-order valence-corrected chi connectivity index (χ3v) is 5.35. The molecule has 1 aliphatic rings. The summed E-state index contributed by atoms with van der Waals surface area (Å²) in [4.78, 5) is 24.5. The number of aryl methyl sites for hydroxylation is 1. The van der Waals surface area contributed by atoms with Crippen LogP contribution in [-0.2, 0) is 4.79 Å². The molecule has 0 aromatic heterocycles. The molecule has 1 heterocycles. The number of ketones is 1. The van der Waals surface area contributed by atoms with Crippen molar-refractivity contribution in [2.24, 2.45) is 10.2 Å². The van der Waals surface area contributed by atoms with E-state index in [9.17, 15) is 14.0 Å². The van der Waals surface area contributed by atoms with Crippen LogP contribution in [0.5, 0.6) is 0 Å². The topological polar surface area (TPSA) is 70.9 Å². The Bertz CT molecular complexity index is 944. The monoisotopic (exact) mass is 403 g/mol. The van der Waals surface area contributed by atoms with Gasteiger partial charge >= 0.3 is 0 Å². The van der Waals surface area contributed by atoms with Gasteiger partial charge in [-0.15, -0.1) is 5.10 Å². The minimum absolute atomic E-state index is 0.0538. The first-order chi connectivity index (χ1) is 12.9. The van der Waals surface area contributed by atoms with Crippen molar-refractivity contribution in [3.8, 4) is 0 Å². The maximum absolute atomic E-state index is 12.9. The standard InChI is InChI=1S/C19H15ClFN3O2S/c1-11-8-13(4-7-15(11)20)16(25)9-17-18(26)23-19(27-17)24-22-10-12-2-5-14(21)6-3-12/h2-8,10,17H,9H2,1H3,(H,23,24,26)/b22-10+. The number of halogens is 2. The molecule has 0 spiro atoms. The lowest BCUT2D eigenvalue weighted by Gasteiger charge is -2.06. The summed E-state index contributed by atoms with van der Waals surface area (Å²) in [5.41, 5.74) is 2.01. The van der Waals surface area contributed by atoms with E-state index in [4.69, 9.17) is 11.6 Å². The Kier molecular flexibility index (Phi) is 6.03. The number of nitrogens with one attached hydrogen (secondary N) is 1. The first-order valence-electron chi connectivity index (χ1n) is 8.06. The van der Waals surface area contributed by atoms with Gasteiger partial charge in [-0.1, -0.05) is 35.5 Å². The van der Waals surface area contributed by atoms with Gasteiger partial charge in [0.25, 0.3) is 0 Å². The van der Waals surface area contributed by atoms with Crippen LogP contribution in [-0.4, -0.2) is 28.3 Å². The van der Waals surface area contributed by atoms with Crippen molar-refractivity contribution >= 4 is 46.4 Å². The highest BCUT2D eigenvalue weighted by Gasteiger charge is 2.32. The summed E-state index contributed by atoms with van der Waals surface area (Å²) in [6, 6.07) is 10.8. The molecule has 2 aromatic rings. The number of nitrogens with zero attached hydrogens (tertiary/aromatic N) is 2. The molecule has 2 aromatic carbocycles. The molecule has 5 nitrogen and oxygen atoms in total. The second-order valence-corrected chi connectivity index (χ2v) is 7.49. The SMILES string of the molecule is Cc1cc(C(=O)CC2S/C(=N\N=C\c3ccc(F)cc3)NC2=O)ccc1Cl. The molecule has 1 N–H and O–H groups in total. The lowest BCUT2D eigenvalue weighted by molar-refractivity contribution is -0.118. The predicted molar refractivity (Wildman–Crippen MR) is 106 cm³/mol. The van der Waals surface area contributed by atoms with Crippen molar-refractivity contribution in [3.63, 3.8) is 0 Å². The number of hydrogen-bond acceptors (Lipinski definition) is 5. The molecule has 3 rings (SSSR count). The number of amides is 1. The molecule has 0 radical (unpaired) electrons. The fourth-order valence-corrected chi connectivity index (χ4v) is 3.43. The van der Waals surface area contributed by atoms with E-state index in [0.717, 1.165) is 17.3 Å². The summed E-state index contributed by atoms with van der Waals surface area (Å²) in [6.07, 6.45) is 1.51. The molecule has 0 bridgehead atoms. The number of thioether (sulfide) groups is 1. The largest absolute Gasteiger partial charge is 0.303 e. The van der Waals surface area contributed by atoms with Gasteiger partial charge in [0, 0.05) is 17.0 Å². The summed E-state index contributed by atoms with van der Waals surface area (Å²) >= 11 is 7.13. The molecule has 1 atom stereocenters. The first kappa shape index (κ1) is 19.3. The molecular formula is C19H15ClFN3O2S. The maximum atomic E-state index is 12.9. The number of Topliss-reactive ketones (excluding diaryl/α,β-unsaturated/α-hetero) is 1. The number of hydrogen-bond donors (Lipinski definition) is 1. The normalized spacial score (nSPS) is 18.3. The van der Waals surface area contributed by atoms with Crippen LogP contribution >= 0.6 is 23.4 Å². The molecule has 1 saturated heterocycles. The molecule has 0 aliphatic carbocycles. The fourth-order valence-electron chi connectivity index (χ4n) is 2.39. The highest BCUT2D eigenvalue weighted by molar-refractivity contribution is 8.15. The van der Waals surface area contributed by atoms with E-state index in [1.165, 1.54) is 18.3 Å². The van der Waals surface area contributed by atoms with Gasteiger partial charge in [0.15, 0.2) is 11.0 Å². The average Bonchev–Trinajstić information content (AvgIpc) is 2.98. The van der Waals surface area contributed by atoms with Crippen LogP contribution in [0.25, 0.3) is 0 Å². The fraction of sp³-hybridized carbons (Fsp3) is 0.158. The second-order valence-electron chi connectivity index (χ2n) is 5.89. The van der Waals surface area contributed by atoms with Crippen LogP contribution < -0.4 is 5.32 Å². The van der Waals surface area contributed by atoms with Gasteiger partial charge in [0.2, 0.25) is 5.91 Å². The van der Waals surface area contributed by atoms with Crippen molar-refractivity contribution < 1.29 is 14.0 Å². The molecule has 1 amide bonds. The maximum Gasteiger partial charge on any atom is 0.240 e.